The van der Waals surface area contributed by atoms with Crippen LogP contribution in [-0.4, -0.2) is 17.1 Å². The average Bonchev–Trinajstić information content (AvgIpc) is 3.09. The number of hydrogen-bond acceptors (Lipinski definition) is 4. The molecule has 1 aromatic heterocycles. The molecule has 0 unspecified atom stereocenters. The van der Waals surface area contributed by atoms with E-state index in [2.05, 4.69) is 9.97 Å². The number of nitrogens with two attached hydrogens (primary N) is 1. The number of rotatable bonds is 5. The SMILES string of the molecule is COc1cccc(-c2nc3ccc(N)cc3[nH]2)c1OCc1ccccc1. The zero-order chi connectivity index (χ0) is 17.9. The van der Waals surface area contributed by atoms with Crippen LogP contribution >= 0.6 is 0 Å². The van der Waals surface area contributed by atoms with Crippen LogP contribution in [-0.2, 0) is 6.61 Å². The second-order valence-electron chi connectivity index (χ2n) is 5.97. The summed E-state index contributed by atoms with van der Waals surface area (Å²) in [5.41, 5.74) is 10.2. The van der Waals surface area contributed by atoms with Crippen LogP contribution in [0, 0.1) is 0 Å². The van der Waals surface area contributed by atoms with Gasteiger partial charge < -0.3 is 20.2 Å². The first-order valence-corrected chi connectivity index (χ1v) is 8.34. The summed E-state index contributed by atoms with van der Waals surface area (Å²) in [7, 11) is 1.63. The van der Waals surface area contributed by atoms with Crippen LogP contribution in [0.25, 0.3) is 22.4 Å². The largest absolute Gasteiger partial charge is 0.493 e. The number of imidazole rings is 1. The quantitative estimate of drug-likeness (QED) is 0.526. The lowest BCUT2D eigenvalue weighted by Gasteiger charge is -2.14. The molecule has 3 N–H and O–H groups in total. The van der Waals surface area contributed by atoms with Crippen molar-refractivity contribution in [1.82, 2.24) is 9.97 Å². The maximum Gasteiger partial charge on any atom is 0.172 e. The third-order valence-corrected chi connectivity index (χ3v) is 4.19. The Kier molecular flexibility index (Phi) is 4.19. The van der Waals surface area contributed by atoms with E-state index in [1.165, 1.54) is 0 Å². The van der Waals surface area contributed by atoms with Gasteiger partial charge >= 0.3 is 0 Å². The molecule has 3 aromatic carbocycles. The molecule has 0 amide bonds. The highest BCUT2D eigenvalue weighted by atomic mass is 16.5. The second kappa shape index (κ2) is 6.80. The zero-order valence-electron chi connectivity index (χ0n) is 14.4. The van der Waals surface area contributed by atoms with Crippen LogP contribution < -0.4 is 15.2 Å². The van der Waals surface area contributed by atoms with Crippen molar-refractivity contribution in [1.29, 1.82) is 0 Å². The molecule has 4 rings (SSSR count). The number of H-pyrrole nitrogens is 1. The first-order valence-electron chi connectivity index (χ1n) is 8.34. The molecule has 1 heterocycles. The fourth-order valence-electron chi connectivity index (χ4n) is 2.90. The van der Waals surface area contributed by atoms with Crippen molar-refractivity contribution in [2.24, 2.45) is 0 Å². The first kappa shape index (κ1) is 16.0. The summed E-state index contributed by atoms with van der Waals surface area (Å²) in [6.07, 6.45) is 0. The van der Waals surface area contributed by atoms with Crippen molar-refractivity contribution in [3.8, 4) is 22.9 Å². The molecule has 0 saturated carbocycles. The van der Waals surface area contributed by atoms with Crippen LogP contribution in [0.2, 0.25) is 0 Å². The van der Waals surface area contributed by atoms with E-state index in [-0.39, 0.29) is 0 Å². The molecular weight excluding hydrogens is 326 g/mol. The number of nitrogens with one attached hydrogen (secondary N) is 1. The van der Waals surface area contributed by atoms with Crippen LogP contribution in [0.15, 0.2) is 66.7 Å². The molecule has 0 spiro atoms. The highest BCUT2D eigenvalue weighted by molar-refractivity contribution is 5.83. The Hall–Kier alpha value is -3.47. The maximum atomic E-state index is 6.11. The van der Waals surface area contributed by atoms with Crippen LogP contribution in [0.3, 0.4) is 0 Å². The van der Waals surface area contributed by atoms with Crippen molar-refractivity contribution < 1.29 is 9.47 Å². The summed E-state index contributed by atoms with van der Waals surface area (Å²) >= 11 is 0. The van der Waals surface area contributed by atoms with Crippen LogP contribution in [0.5, 0.6) is 11.5 Å². The molecule has 5 heteroatoms. The Labute approximate surface area is 151 Å². The third-order valence-electron chi connectivity index (χ3n) is 4.19. The number of nitrogen functional groups attached to an aromatic ring is 1. The van der Waals surface area contributed by atoms with Gasteiger partial charge in [-0.05, 0) is 35.9 Å². The molecular formula is C21H19N3O2. The van der Waals surface area contributed by atoms with Gasteiger partial charge in [0.1, 0.15) is 12.4 Å². The number of anilines is 1. The van der Waals surface area contributed by atoms with Crippen LogP contribution in [0.4, 0.5) is 5.69 Å². The van der Waals surface area contributed by atoms with Gasteiger partial charge in [-0.25, -0.2) is 4.98 Å². The van der Waals surface area contributed by atoms with E-state index >= 15 is 0 Å². The Morgan fingerprint density at radius 2 is 1.85 bits per heavy atom. The minimum absolute atomic E-state index is 0.446. The summed E-state index contributed by atoms with van der Waals surface area (Å²) in [6, 6.07) is 21.4. The highest BCUT2D eigenvalue weighted by Crippen LogP contribution is 2.38. The number of aromatic nitrogens is 2. The summed E-state index contributed by atoms with van der Waals surface area (Å²) in [5.74, 6) is 2.04. The number of aromatic amines is 1. The van der Waals surface area contributed by atoms with Gasteiger partial charge in [0.25, 0.3) is 0 Å². The normalized spacial score (nSPS) is 10.8. The Balaban J connectivity index is 1.74. The van der Waals surface area contributed by atoms with Crippen molar-refractivity contribution in [3.05, 3.63) is 72.3 Å². The summed E-state index contributed by atoms with van der Waals surface area (Å²) in [6.45, 7) is 0.446. The van der Waals surface area contributed by atoms with E-state index < -0.39 is 0 Å². The predicted octanol–water partition coefficient (Wildman–Crippen LogP) is 4.40. The molecule has 0 aliphatic rings. The fraction of sp³-hybridized carbons (Fsp3) is 0.0952. The molecule has 4 aromatic rings. The number of hydrogen-bond donors (Lipinski definition) is 2. The third kappa shape index (κ3) is 3.07. The van der Waals surface area contributed by atoms with E-state index in [9.17, 15) is 0 Å². The first-order chi connectivity index (χ1) is 12.7. The van der Waals surface area contributed by atoms with E-state index in [0.717, 1.165) is 22.2 Å². The molecule has 26 heavy (non-hydrogen) atoms. The topological polar surface area (TPSA) is 73.2 Å². The van der Waals surface area contributed by atoms with E-state index in [1.807, 2.05) is 66.7 Å². The van der Waals surface area contributed by atoms with Crippen molar-refractivity contribution in [3.63, 3.8) is 0 Å². The predicted molar refractivity (Wildman–Crippen MR) is 103 cm³/mol. The Morgan fingerprint density at radius 3 is 2.65 bits per heavy atom. The smallest absolute Gasteiger partial charge is 0.172 e. The van der Waals surface area contributed by atoms with Gasteiger partial charge in [0, 0.05) is 5.69 Å². The maximum absolute atomic E-state index is 6.11. The molecule has 0 radical (unpaired) electrons. The van der Waals surface area contributed by atoms with Gasteiger partial charge in [-0.15, -0.1) is 0 Å². The van der Waals surface area contributed by atoms with Gasteiger partial charge in [0.2, 0.25) is 0 Å². The second-order valence-corrected chi connectivity index (χ2v) is 5.97. The number of ether oxygens (including phenoxy) is 2. The minimum Gasteiger partial charge on any atom is -0.493 e. The number of para-hydroxylation sites is 1. The summed E-state index contributed by atoms with van der Waals surface area (Å²) in [5, 5.41) is 0. The number of methoxy groups -OCH3 is 1. The van der Waals surface area contributed by atoms with E-state index in [0.29, 0.717) is 29.6 Å². The number of benzene rings is 3. The van der Waals surface area contributed by atoms with Crippen molar-refractivity contribution in [2.45, 2.75) is 6.61 Å². The lowest BCUT2D eigenvalue weighted by Crippen LogP contribution is -2.00. The Morgan fingerprint density at radius 1 is 1.00 bits per heavy atom. The molecule has 0 fully saturated rings. The molecule has 0 aliphatic carbocycles. The molecule has 5 nitrogen and oxygen atoms in total. The van der Waals surface area contributed by atoms with Crippen molar-refractivity contribution in [2.75, 3.05) is 12.8 Å². The molecule has 0 aliphatic heterocycles. The standard InChI is InChI=1S/C21H19N3O2/c1-25-19-9-5-8-16(20(19)26-13-14-6-3-2-4-7-14)21-23-17-11-10-15(22)12-18(17)24-21/h2-12H,13,22H2,1H3,(H,23,24). The molecule has 0 saturated heterocycles. The van der Waals surface area contributed by atoms with Gasteiger partial charge in [-0.2, -0.15) is 0 Å². The molecule has 130 valence electrons. The molecule has 0 atom stereocenters. The van der Waals surface area contributed by atoms with Crippen molar-refractivity contribution >= 4 is 16.7 Å². The molecule has 0 bridgehead atoms. The lowest BCUT2D eigenvalue weighted by molar-refractivity contribution is 0.285. The number of fused-ring (bicyclic) bond motifs is 1. The number of nitrogens with zero attached hydrogens (tertiary/aromatic N) is 1. The van der Waals surface area contributed by atoms with Crippen LogP contribution in [0.1, 0.15) is 5.56 Å². The Bertz CT molecular complexity index is 1040. The lowest BCUT2D eigenvalue weighted by atomic mass is 10.1. The average molecular weight is 345 g/mol. The van der Waals surface area contributed by atoms with Gasteiger partial charge in [0.15, 0.2) is 11.5 Å². The monoisotopic (exact) mass is 345 g/mol. The van der Waals surface area contributed by atoms with Gasteiger partial charge in [-0.3, -0.25) is 0 Å². The van der Waals surface area contributed by atoms with Gasteiger partial charge in [0.05, 0.1) is 23.7 Å². The van der Waals surface area contributed by atoms with Gasteiger partial charge in [-0.1, -0.05) is 36.4 Å². The fourth-order valence-corrected chi connectivity index (χ4v) is 2.90. The summed E-state index contributed by atoms with van der Waals surface area (Å²) < 4.78 is 11.6. The summed E-state index contributed by atoms with van der Waals surface area (Å²) in [4.78, 5) is 7.98. The van der Waals surface area contributed by atoms with E-state index in [1.54, 1.807) is 7.11 Å². The zero-order valence-corrected chi connectivity index (χ0v) is 14.4. The van der Waals surface area contributed by atoms with E-state index in [4.69, 9.17) is 15.2 Å². The minimum atomic E-state index is 0.446. The highest BCUT2D eigenvalue weighted by Gasteiger charge is 2.16.